The minimum absolute atomic E-state index is 0.215. The third-order valence-corrected chi connectivity index (χ3v) is 9.81. The third kappa shape index (κ3) is 6.89. The summed E-state index contributed by atoms with van der Waals surface area (Å²) >= 11 is 3.02. The third-order valence-electron chi connectivity index (χ3n) is 5.50. The van der Waals surface area contributed by atoms with E-state index in [0.29, 0.717) is 54.2 Å². The van der Waals surface area contributed by atoms with Gasteiger partial charge in [0, 0.05) is 44.0 Å². The van der Waals surface area contributed by atoms with Crippen LogP contribution in [0, 0.1) is 5.92 Å². The van der Waals surface area contributed by atoms with Gasteiger partial charge in [-0.25, -0.2) is 8.42 Å². The van der Waals surface area contributed by atoms with Crippen LogP contribution < -0.4 is 5.32 Å². The number of thioether (sulfide) groups is 1. The number of carbonyl (C=O) groups excluding carboxylic acids is 1. The zero-order chi connectivity index (χ0) is 24.8. The maximum atomic E-state index is 12.8. The van der Waals surface area contributed by atoms with E-state index in [1.165, 1.54) is 11.3 Å². The predicted molar refractivity (Wildman–Crippen MR) is 140 cm³/mol. The molecule has 1 aliphatic heterocycles. The Hall–Kier alpha value is -2.31. The molecule has 0 spiro atoms. The van der Waals surface area contributed by atoms with Crippen LogP contribution in [-0.2, 0) is 16.6 Å². The maximum absolute atomic E-state index is 12.8. The molecule has 0 saturated carbocycles. The van der Waals surface area contributed by atoms with Crippen LogP contribution in [-0.4, -0.2) is 65.7 Å². The fraction of sp³-hybridized carbons (Fsp3) is 0.375. The minimum atomic E-state index is -3.45. The molecule has 8 nitrogen and oxygen atoms in total. The van der Waals surface area contributed by atoms with Gasteiger partial charge >= 0.3 is 0 Å². The molecule has 1 aromatic heterocycles. The van der Waals surface area contributed by atoms with Gasteiger partial charge in [0.1, 0.15) is 0 Å². The Balaban J connectivity index is 1.27. The zero-order valence-electron chi connectivity index (χ0n) is 19.8. The van der Waals surface area contributed by atoms with Gasteiger partial charge in [-0.1, -0.05) is 67.3 Å². The van der Waals surface area contributed by atoms with E-state index in [9.17, 15) is 13.2 Å². The molecule has 11 heteroatoms. The number of benzene rings is 2. The Morgan fingerprint density at radius 3 is 2.37 bits per heavy atom. The average Bonchev–Trinajstić information content (AvgIpc) is 3.31. The van der Waals surface area contributed by atoms with Gasteiger partial charge in [0.15, 0.2) is 4.34 Å². The molecular formula is C24H29N5O3S3. The van der Waals surface area contributed by atoms with Crippen LogP contribution in [0.4, 0.5) is 5.13 Å². The SMILES string of the molecule is CC(C)CSc1nnc(NC(=O)c2ccc(CN3CCN(S(=O)(=O)c4ccccc4)CC3)cc2)s1. The molecule has 1 fully saturated rings. The van der Waals surface area contributed by atoms with Crippen molar-refractivity contribution >= 4 is 44.2 Å². The number of rotatable bonds is 9. The molecule has 0 atom stereocenters. The van der Waals surface area contributed by atoms with E-state index in [4.69, 9.17) is 0 Å². The first kappa shape index (κ1) is 25.8. The highest BCUT2D eigenvalue weighted by Gasteiger charge is 2.28. The van der Waals surface area contributed by atoms with E-state index >= 15 is 0 Å². The highest BCUT2D eigenvalue weighted by molar-refractivity contribution is 8.01. The second kappa shape index (κ2) is 11.6. The minimum Gasteiger partial charge on any atom is -0.296 e. The fourth-order valence-corrected chi connectivity index (χ4v) is 6.78. The molecular weight excluding hydrogens is 502 g/mol. The number of nitrogens with zero attached hydrogens (tertiary/aromatic N) is 4. The Kier molecular flexibility index (Phi) is 8.55. The summed E-state index contributed by atoms with van der Waals surface area (Å²) in [6, 6.07) is 16.0. The molecule has 2 aromatic carbocycles. The van der Waals surface area contributed by atoms with E-state index in [1.54, 1.807) is 52.5 Å². The summed E-state index contributed by atoms with van der Waals surface area (Å²) in [5, 5.41) is 11.5. The van der Waals surface area contributed by atoms with Crippen LogP contribution in [0.5, 0.6) is 0 Å². The van der Waals surface area contributed by atoms with E-state index in [0.717, 1.165) is 15.7 Å². The number of amides is 1. The first-order valence-corrected chi connectivity index (χ1v) is 14.7. The summed E-state index contributed by atoms with van der Waals surface area (Å²) in [6.45, 7) is 7.22. The number of piperazine rings is 1. The van der Waals surface area contributed by atoms with Crippen molar-refractivity contribution in [3.63, 3.8) is 0 Å². The normalized spacial score (nSPS) is 15.4. The summed E-state index contributed by atoms with van der Waals surface area (Å²) in [7, 11) is -3.45. The molecule has 3 aromatic rings. The van der Waals surface area contributed by atoms with Crippen LogP contribution in [0.3, 0.4) is 0 Å². The van der Waals surface area contributed by atoms with Crippen LogP contribution in [0.2, 0.25) is 0 Å². The molecule has 0 bridgehead atoms. The second-order valence-corrected chi connectivity index (χ2v) is 12.9. The van der Waals surface area contributed by atoms with Crippen molar-refractivity contribution in [2.45, 2.75) is 29.6 Å². The van der Waals surface area contributed by atoms with E-state index in [1.807, 2.05) is 18.2 Å². The number of hydrogen-bond acceptors (Lipinski definition) is 8. The number of nitrogens with one attached hydrogen (secondary N) is 1. The summed E-state index contributed by atoms with van der Waals surface area (Å²) in [5.41, 5.74) is 1.63. The van der Waals surface area contributed by atoms with E-state index < -0.39 is 10.0 Å². The predicted octanol–water partition coefficient (Wildman–Crippen LogP) is 4.05. The Morgan fingerprint density at radius 1 is 1.03 bits per heavy atom. The zero-order valence-corrected chi connectivity index (χ0v) is 22.2. The van der Waals surface area contributed by atoms with Crippen molar-refractivity contribution in [2.75, 3.05) is 37.2 Å². The van der Waals surface area contributed by atoms with Crippen molar-refractivity contribution in [3.8, 4) is 0 Å². The molecule has 0 aliphatic carbocycles. The van der Waals surface area contributed by atoms with Crippen LogP contribution in [0.1, 0.15) is 29.8 Å². The van der Waals surface area contributed by atoms with Crippen molar-refractivity contribution in [2.24, 2.45) is 5.92 Å². The molecule has 1 N–H and O–H groups in total. The lowest BCUT2D eigenvalue weighted by atomic mass is 10.1. The van der Waals surface area contributed by atoms with Gasteiger partial charge in [-0.05, 0) is 35.7 Å². The van der Waals surface area contributed by atoms with E-state index in [2.05, 4.69) is 34.3 Å². The quantitative estimate of drug-likeness (QED) is 0.329. The Bertz CT molecular complexity index is 1220. The Morgan fingerprint density at radius 2 is 1.71 bits per heavy atom. The first-order valence-electron chi connectivity index (χ1n) is 11.5. The molecule has 0 unspecified atom stereocenters. The van der Waals surface area contributed by atoms with Crippen LogP contribution >= 0.6 is 23.1 Å². The van der Waals surface area contributed by atoms with Crippen molar-refractivity contribution < 1.29 is 13.2 Å². The summed E-state index contributed by atoms with van der Waals surface area (Å²) < 4.78 is 28.0. The highest BCUT2D eigenvalue weighted by atomic mass is 32.2. The second-order valence-electron chi connectivity index (χ2n) is 8.72. The number of sulfonamides is 1. The Labute approximate surface area is 214 Å². The standard InChI is InChI=1S/C24H29N5O3S3/c1-18(2)17-33-24-27-26-23(34-24)25-22(30)20-10-8-19(9-11-20)16-28-12-14-29(15-13-28)35(31,32)21-6-4-3-5-7-21/h3-11,18H,12-17H2,1-2H3,(H,25,26,30). The fourth-order valence-electron chi connectivity index (χ4n) is 3.62. The van der Waals surface area contributed by atoms with Gasteiger partial charge in [0.05, 0.1) is 4.90 Å². The average molecular weight is 532 g/mol. The molecule has 1 aliphatic rings. The van der Waals surface area contributed by atoms with Gasteiger partial charge < -0.3 is 0 Å². The topological polar surface area (TPSA) is 95.5 Å². The van der Waals surface area contributed by atoms with Crippen LogP contribution in [0.15, 0.2) is 63.8 Å². The van der Waals surface area contributed by atoms with Crippen molar-refractivity contribution in [1.82, 2.24) is 19.4 Å². The lowest BCUT2D eigenvalue weighted by molar-refractivity contribution is 0.102. The van der Waals surface area contributed by atoms with Gasteiger partial charge in [-0.2, -0.15) is 4.31 Å². The lowest BCUT2D eigenvalue weighted by Gasteiger charge is -2.34. The summed E-state index contributed by atoms with van der Waals surface area (Å²) in [4.78, 5) is 15.1. The smallest absolute Gasteiger partial charge is 0.257 e. The van der Waals surface area contributed by atoms with Gasteiger partial charge in [-0.3, -0.25) is 15.0 Å². The largest absolute Gasteiger partial charge is 0.296 e. The number of anilines is 1. The molecule has 0 radical (unpaired) electrons. The van der Waals surface area contributed by atoms with Crippen LogP contribution in [0.25, 0.3) is 0 Å². The molecule has 1 saturated heterocycles. The molecule has 1 amide bonds. The van der Waals surface area contributed by atoms with Gasteiger partial charge in [-0.15, -0.1) is 10.2 Å². The maximum Gasteiger partial charge on any atom is 0.257 e. The molecule has 35 heavy (non-hydrogen) atoms. The first-order chi connectivity index (χ1) is 16.8. The van der Waals surface area contributed by atoms with Gasteiger partial charge in [0.25, 0.3) is 5.91 Å². The lowest BCUT2D eigenvalue weighted by Crippen LogP contribution is -2.48. The number of carbonyl (C=O) groups is 1. The highest BCUT2D eigenvalue weighted by Crippen LogP contribution is 2.27. The number of aromatic nitrogens is 2. The van der Waals surface area contributed by atoms with Gasteiger partial charge in [0.2, 0.25) is 15.2 Å². The molecule has 2 heterocycles. The van der Waals surface area contributed by atoms with E-state index in [-0.39, 0.29) is 5.91 Å². The summed E-state index contributed by atoms with van der Waals surface area (Å²) in [6.07, 6.45) is 0. The van der Waals surface area contributed by atoms with Crippen molar-refractivity contribution in [1.29, 1.82) is 0 Å². The molecule has 186 valence electrons. The van der Waals surface area contributed by atoms with Crippen molar-refractivity contribution in [3.05, 3.63) is 65.7 Å². The molecule has 4 rings (SSSR count). The summed E-state index contributed by atoms with van der Waals surface area (Å²) in [5.74, 6) is 1.31. The monoisotopic (exact) mass is 531 g/mol. The number of hydrogen-bond donors (Lipinski definition) is 1.